The summed E-state index contributed by atoms with van der Waals surface area (Å²) in [5, 5.41) is 6.47. The smallest absolute Gasteiger partial charge is 0.202 e. The molecule has 0 aromatic rings. The largest absolute Gasteiger partial charge is 0.399 e. The fourth-order valence-corrected chi connectivity index (χ4v) is 0.550. The van der Waals surface area contributed by atoms with Crippen molar-refractivity contribution < 1.29 is 24.0 Å². The Morgan fingerprint density at radius 1 is 1.00 bits per heavy atom. The molecule has 0 N–H and O–H groups in total. The van der Waals surface area contributed by atoms with E-state index in [0.717, 1.165) is 12.4 Å². The predicted octanol–water partition coefficient (Wildman–Crippen LogP) is -0.594. The van der Waals surface area contributed by atoms with Crippen molar-refractivity contribution >= 4 is 24.0 Å². The van der Waals surface area contributed by atoms with Gasteiger partial charge in [-0.1, -0.05) is 10.3 Å². The summed E-state index contributed by atoms with van der Waals surface area (Å²) in [6.07, 6.45) is 1.93. The van der Waals surface area contributed by atoms with E-state index >= 15 is 0 Å². The molecular weight excluding hydrogens is 204 g/mol. The normalized spacial score (nSPS) is 10.8. The Morgan fingerprint density at radius 3 is 1.73 bits per heavy atom. The second kappa shape index (κ2) is 8.82. The lowest BCUT2D eigenvalue weighted by molar-refractivity contribution is -0.121. The lowest BCUT2D eigenvalue weighted by Gasteiger charge is -1.96. The second-order valence-corrected chi connectivity index (χ2v) is 2.26. The summed E-state index contributed by atoms with van der Waals surface area (Å²) in [5.41, 5.74) is 0. The number of carbonyl (C=O) groups is 2. The van der Waals surface area contributed by atoms with E-state index < -0.39 is 11.6 Å². The van der Waals surface area contributed by atoms with Crippen molar-refractivity contribution in [2.75, 3.05) is 27.4 Å². The topological polar surface area (TPSA) is 86.6 Å². The average Bonchev–Trinajstić information content (AvgIpc) is 2.23. The highest BCUT2D eigenvalue weighted by molar-refractivity contribution is 6.29. The predicted molar refractivity (Wildman–Crippen MR) is 51.8 cm³/mol. The number of hydrogen-bond acceptors (Lipinski definition) is 7. The number of oxime groups is 2. The lowest BCUT2D eigenvalue weighted by atomic mass is 10.4. The average molecular weight is 216 g/mol. The molecule has 0 amide bonds. The number of carbonyl (C=O) groups excluding carboxylic acids is 2. The monoisotopic (exact) mass is 216 g/mol. The van der Waals surface area contributed by atoms with E-state index in [0.29, 0.717) is 0 Å². The highest BCUT2D eigenvalue weighted by Crippen LogP contribution is 1.79. The van der Waals surface area contributed by atoms with Crippen molar-refractivity contribution in [3.63, 3.8) is 0 Å². The molecule has 0 atom stereocenters. The van der Waals surface area contributed by atoms with Crippen LogP contribution in [0.1, 0.15) is 0 Å². The van der Waals surface area contributed by atoms with Gasteiger partial charge in [-0.3, -0.25) is 9.59 Å². The maximum absolute atomic E-state index is 10.9. The van der Waals surface area contributed by atoms with Crippen molar-refractivity contribution in [1.82, 2.24) is 0 Å². The first kappa shape index (κ1) is 13.2. The first-order valence-electron chi connectivity index (χ1n) is 3.97. The van der Waals surface area contributed by atoms with Gasteiger partial charge in [0.05, 0.1) is 0 Å². The zero-order chi connectivity index (χ0) is 11.5. The molecule has 0 saturated carbocycles. The van der Waals surface area contributed by atoms with Crippen molar-refractivity contribution in [2.24, 2.45) is 10.3 Å². The Balaban J connectivity index is 3.61. The van der Waals surface area contributed by atoms with Crippen molar-refractivity contribution in [1.29, 1.82) is 0 Å². The van der Waals surface area contributed by atoms with E-state index in [2.05, 4.69) is 20.0 Å². The zero-order valence-corrected chi connectivity index (χ0v) is 8.50. The van der Waals surface area contributed by atoms with Crippen molar-refractivity contribution in [3.05, 3.63) is 0 Å². The van der Waals surface area contributed by atoms with E-state index in [1.54, 1.807) is 0 Å². The van der Waals surface area contributed by atoms with E-state index in [1.165, 1.54) is 14.2 Å². The molecule has 0 aliphatic carbocycles. The van der Waals surface area contributed by atoms with E-state index in [9.17, 15) is 9.59 Å². The summed E-state index contributed by atoms with van der Waals surface area (Å²) in [6.45, 7) is -0.473. The Kier molecular flexibility index (Phi) is 7.79. The third-order valence-electron chi connectivity index (χ3n) is 1.09. The number of nitrogens with zero attached hydrogens (tertiary/aromatic N) is 2. The van der Waals surface area contributed by atoms with Gasteiger partial charge in [-0.05, 0) is 0 Å². The molecule has 7 heteroatoms. The van der Waals surface area contributed by atoms with Gasteiger partial charge in [0, 0.05) is 0 Å². The Labute approximate surface area is 86.7 Å². The highest BCUT2D eigenvalue weighted by atomic mass is 16.6. The quantitative estimate of drug-likeness (QED) is 0.399. The van der Waals surface area contributed by atoms with Gasteiger partial charge in [0.15, 0.2) is 0 Å². The third kappa shape index (κ3) is 8.57. The third-order valence-corrected chi connectivity index (χ3v) is 1.09. The van der Waals surface area contributed by atoms with Crippen LogP contribution in [0.15, 0.2) is 10.3 Å². The molecule has 0 radical (unpaired) electrons. The molecule has 0 aliphatic heterocycles. The summed E-state index contributed by atoms with van der Waals surface area (Å²) >= 11 is 0. The molecule has 0 aromatic carbocycles. The minimum Gasteiger partial charge on any atom is -0.399 e. The molecule has 0 aliphatic rings. The van der Waals surface area contributed by atoms with Crippen LogP contribution in [0, 0.1) is 0 Å². The van der Waals surface area contributed by atoms with Gasteiger partial charge in [-0.15, -0.1) is 0 Å². The molecule has 0 bridgehead atoms. The number of Topliss-reactive ketones (excluding diaryl/α,β-unsaturated/α-hetero) is 2. The van der Waals surface area contributed by atoms with Crippen LogP contribution in [-0.2, 0) is 24.0 Å². The SMILES string of the molecule is CON=CC(=O)COCC(=O)C=NOC. The van der Waals surface area contributed by atoms with Gasteiger partial charge in [0.25, 0.3) is 0 Å². The number of ketones is 2. The Hall–Kier alpha value is -1.76. The Bertz CT molecular complexity index is 236. The second-order valence-electron chi connectivity index (χ2n) is 2.26. The molecule has 0 unspecified atom stereocenters. The number of rotatable bonds is 8. The maximum Gasteiger partial charge on any atom is 0.202 e. The fourth-order valence-electron chi connectivity index (χ4n) is 0.550. The van der Waals surface area contributed by atoms with Gasteiger partial charge < -0.3 is 14.4 Å². The fraction of sp³-hybridized carbons (Fsp3) is 0.500. The molecule has 0 saturated heterocycles. The lowest BCUT2D eigenvalue weighted by Crippen LogP contribution is -2.16. The molecule has 0 rings (SSSR count). The van der Waals surface area contributed by atoms with E-state index in [4.69, 9.17) is 4.74 Å². The molecule has 15 heavy (non-hydrogen) atoms. The van der Waals surface area contributed by atoms with Crippen LogP contribution in [-0.4, -0.2) is 51.4 Å². The molecule has 7 nitrogen and oxygen atoms in total. The van der Waals surface area contributed by atoms with E-state index in [-0.39, 0.29) is 13.2 Å². The van der Waals surface area contributed by atoms with E-state index in [1.807, 2.05) is 0 Å². The minimum atomic E-state index is -0.395. The molecule has 0 fully saturated rings. The molecule has 84 valence electrons. The van der Waals surface area contributed by atoms with Gasteiger partial charge in [-0.25, -0.2) is 0 Å². The summed E-state index contributed by atoms with van der Waals surface area (Å²) < 4.78 is 4.76. The highest BCUT2D eigenvalue weighted by Gasteiger charge is 2.01. The van der Waals surface area contributed by atoms with Crippen LogP contribution in [0.2, 0.25) is 0 Å². The summed E-state index contributed by atoms with van der Waals surface area (Å²) in [7, 11) is 2.63. The van der Waals surface area contributed by atoms with Crippen LogP contribution in [0.25, 0.3) is 0 Å². The van der Waals surface area contributed by atoms with Gasteiger partial charge in [-0.2, -0.15) is 0 Å². The first-order valence-corrected chi connectivity index (χ1v) is 3.97. The van der Waals surface area contributed by atoms with Crippen LogP contribution >= 0.6 is 0 Å². The van der Waals surface area contributed by atoms with Crippen LogP contribution in [0.3, 0.4) is 0 Å². The number of hydrogen-bond donors (Lipinski definition) is 0. The molecule has 0 aromatic heterocycles. The summed E-state index contributed by atoms with van der Waals surface area (Å²) in [4.78, 5) is 30.3. The summed E-state index contributed by atoms with van der Waals surface area (Å²) in [6, 6.07) is 0. The number of ether oxygens (including phenoxy) is 1. The molecule has 0 spiro atoms. The van der Waals surface area contributed by atoms with Gasteiger partial charge in [0.2, 0.25) is 11.6 Å². The standard InChI is InChI=1S/C8H12N2O5/c1-13-9-3-7(11)5-15-6-8(12)4-10-14-2/h3-4H,5-6H2,1-2H3. The van der Waals surface area contributed by atoms with Crippen molar-refractivity contribution in [3.8, 4) is 0 Å². The van der Waals surface area contributed by atoms with Crippen LogP contribution in [0.5, 0.6) is 0 Å². The van der Waals surface area contributed by atoms with Gasteiger partial charge >= 0.3 is 0 Å². The van der Waals surface area contributed by atoms with Crippen LogP contribution in [0.4, 0.5) is 0 Å². The minimum absolute atomic E-state index is 0.237. The van der Waals surface area contributed by atoms with Gasteiger partial charge in [0.1, 0.15) is 39.9 Å². The van der Waals surface area contributed by atoms with Crippen molar-refractivity contribution in [2.45, 2.75) is 0 Å². The first-order chi connectivity index (χ1) is 7.20. The summed E-state index contributed by atoms with van der Waals surface area (Å²) in [5.74, 6) is -0.790. The maximum atomic E-state index is 10.9. The molecular formula is C8H12N2O5. The zero-order valence-electron chi connectivity index (χ0n) is 8.50. The van der Waals surface area contributed by atoms with Crippen LogP contribution < -0.4 is 0 Å². The molecule has 0 heterocycles. The Morgan fingerprint density at radius 2 is 1.40 bits per heavy atom.